The van der Waals surface area contributed by atoms with Crippen LogP contribution in [0.15, 0.2) is 54.6 Å². The van der Waals surface area contributed by atoms with Crippen LogP contribution < -0.4 is 5.32 Å². The van der Waals surface area contributed by atoms with Gasteiger partial charge in [0.25, 0.3) is 0 Å². The van der Waals surface area contributed by atoms with Crippen LogP contribution in [0, 0.1) is 5.92 Å². The Morgan fingerprint density at radius 1 is 1.10 bits per heavy atom. The van der Waals surface area contributed by atoms with Gasteiger partial charge in [-0.2, -0.15) is 0 Å². The number of carbonyl (C=O) groups excluding carboxylic acids is 1. The summed E-state index contributed by atoms with van der Waals surface area (Å²) < 4.78 is 5.69. The predicted octanol–water partition coefficient (Wildman–Crippen LogP) is 5.09. The van der Waals surface area contributed by atoms with E-state index < -0.39 is 0 Å². The predicted molar refractivity (Wildman–Crippen MR) is 130 cm³/mol. The van der Waals surface area contributed by atoms with Gasteiger partial charge in [-0.1, -0.05) is 48.5 Å². The minimum atomic E-state index is -0.0201. The highest BCUT2D eigenvalue weighted by atomic mass is 32.2. The van der Waals surface area contributed by atoms with E-state index >= 15 is 0 Å². The van der Waals surface area contributed by atoms with Crippen LogP contribution in [0.3, 0.4) is 0 Å². The fraction of sp³-hybridized carbons (Fsp3) is 0.400. The molecule has 0 saturated carbocycles. The Balaban J connectivity index is 1.20. The van der Waals surface area contributed by atoms with Gasteiger partial charge in [0.15, 0.2) is 0 Å². The molecule has 1 unspecified atom stereocenters. The molecule has 1 atom stereocenters. The summed E-state index contributed by atoms with van der Waals surface area (Å²) in [4.78, 5) is 16.5. The molecule has 1 aliphatic heterocycles. The van der Waals surface area contributed by atoms with E-state index in [0.717, 1.165) is 29.9 Å². The first-order valence-electron chi connectivity index (χ1n) is 11.0. The summed E-state index contributed by atoms with van der Waals surface area (Å²) in [6.45, 7) is 1.67. The van der Waals surface area contributed by atoms with E-state index in [2.05, 4.69) is 46.7 Å². The Morgan fingerprint density at radius 3 is 2.71 bits per heavy atom. The van der Waals surface area contributed by atoms with Gasteiger partial charge in [0, 0.05) is 41.1 Å². The zero-order valence-corrected chi connectivity index (χ0v) is 19.2. The maximum atomic E-state index is 12.8. The molecule has 0 bridgehead atoms. The number of fused-ring (bicyclic) bond motifs is 4. The van der Waals surface area contributed by atoms with Crippen LogP contribution in [0.2, 0.25) is 0 Å². The molecule has 1 amide bonds. The van der Waals surface area contributed by atoms with E-state index in [9.17, 15) is 4.79 Å². The molecule has 5 rings (SSSR count). The molecule has 1 fully saturated rings. The highest BCUT2D eigenvalue weighted by Gasteiger charge is 2.49. The molecule has 162 valence electrons. The van der Waals surface area contributed by atoms with Gasteiger partial charge in [0.1, 0.15) is 4.08 Å². The molecule has 1 saturated heterocycles. The molecule has 1 spiro atoms. The number of hydrogen-bond acceptors (Lipinski definition) is 4. The molecule has 31 heavy (non-hydrogen) atoms. The summed E-state index contributed by atoms with van der Waals surface area (Å²) in [6.07, 6.45) is 2.68. The number of aromatic amines is 1. The molecule has 2 heterocycles. The minimum absolute atomic E-state index is 0.0201. The van der Waals surface area contributed by atoms with Crippen molar-refractivity contribution in [2.45, 2.75) is 29.9 Å². The topological polar surface area (TPSA) is 54.1 Å². The summed E-state index contributed by atoms with van der Waals surface area (Å²) in [7, 11) is 0. The highest BCUT2D eigenvalue weighted by molar-refractivity contribution is 8.20. The molecule has 3 aromatic rings. The Bertz CT molecular complexity index is 1040. The number of aromatic nitrogens is 1. The number of rotatable bonds is 7. The molecule has 1 aromatic heterocycles. The van der Waals surface area contributed by atoms with Crippen molar-refractivity contribution in [2.24, 2.45) is 5.92 Å². The van der Waals surface area contributed by atoms with Crippen LogP contribution in [0.25, 0.3) is 10.9 Å². The van der Waals surface area contributed by atoms with E-state index in [1.165, 1.54) is 22.2 Å². The second-order valence-corrected chi connectivity index (χ2v) is 11.2. The Kier molecular flexibility index (Phi) is 6.30. The lowest BCUT2D eigenvalue weighted by Crippen LogP contribution is -2.37. The molecule has 0 radical (unpaired) electrons. The molecular weight excluding hydrogens is 424 g/mol. The Hall–Kier alpha value is -1.89. The van der Waals surface area contributed by atoms with Crippen LogP contribution >= 0.6 is 23.5 Å². The van der Waals surface area contributed by atoms with E-state index in [1.54, 1.807) is 0 Å². The fourth-order valence-corrected chi connectivity index (χ4v) is 8.45. The van der Waals surface area contributed by atoms with Crippen molar-refractivity contribution in [2.75, 3.05) is 24.7 Å². The molecule has 1 aliphatic carbocycles. The second-order valence-electron chi connectivity index (χ2n) is 8.22. The van der Waals surface area contributed by atoms with Gasteiger partial charge in [-0.05, 0) is 36.0 Å². The summed E-state index contributed by atoms with van der Waals surface area (Å²) in [6, 6.07) is 18.7. The first-order valence-corrected chi connectivity index (χ1v) is 13.0. The van der Waals surface area contributed by atoms with Crippen LogP contribution in [-0.2, 0) is 26.6 Å². The average Bonchev–Trinajstić information content (AvgIpc) is 3.43. The lowest BCUT2D eigenvalue weighted by atomic mass is 9.83. The zero-order chi connectivity index (χ0) is 21.1. The monoisotopic (exact) mass is 452 g/mol. The van der Waals surface area contributed by atoms with E-state index in [1.807, 2.05) is 41.7 Å². The lowest BCUT2D eigenvalue weighted by molar-refractivity contribution is -0.122. The van der Waals surface area contributed by atoms with Gasteiger partial charge in [0.2, 0.25) is 5.91 Å². The van der Waals surface area contributed by atoms with Crippen molar-refractivity contribution < 1.29 is 9.53 Å². The maximum Gasteiger partial charge on any atom is 0.220 e. The van der Waals surface area contributed by atoms with E-state index in [4.69, 9.17) is 4.74 Å². The SMILES string of the molecule is O=C(CC1CCc2c([nH]c3ccccc23)C12SCCS2)NCCOCc1ccccc1. The minimum Gasteiger partial charge on any atom is -0.375 e. The fourth-order valence-electron chi connectivity index (χ4n) is 4.84. The first kappa shape index (κ1) is 21.0. The largest absolute Gasteiger partial charge is 0.375 e. The second kappa shape index (κ2) is 9.31. The molecule has 4 nitrogen and oxygen atoms in total. The zero-order valence-electron chi connectivity index (χ0n) is 17.6. The number of benzene rings is 2. The van der Waals surface area contributed by atoms with Crippen molar-refractivity contribution in [3.05, 3.63) is 71.4 Å². The van der Waals surface area contributed by atoms with Crippen molar-refractivity contribution in [3.8, 4) is 0 Å². The van der Waals surface area contributed by atoms with Gasteiger partial charge in [-0.3, -0.25) is 4.79 Å². The van der Waals surface area contributed by atoms with Crippen LogP contribution in [0.4, 0.5) is 0 Å². The van der Waals surface area contributed by atoms with E-state index in [-0.39, 0.29) is 9.99 Å². The molecule has 2 aromatic carbocycles. The van der Waals surface area contributed by atoms with Crippen molar-refractivity contribution in [1.29, 1.82) is 0 Å². The molecule has 2 N–H and O–H groups in total. The number of thioether (sulfide) groups is 2. The lowest BCUT2D eigenvalue weighted by Gasteiger charge is -2.39. The van der Waals surface area contributed by atoms with E-state index in [0.29, 0.717) is 32.1 Å². The number of hydrogen-bond donors (Lipinski definition) is 2. The third-order valence-electron chi connectivity index (χ3n) is 6.27. The summed E-state index contributed by atoms with van der Waals surface area (Å²) >= 11 is 4.06. The van der Waals surface area contributed by atoms with Gasteiger partial charge in [-0.15, -0.1) is 23.5 Å². The molecule has 6 heteroatoms. The quantitative estimate of drug-likeness (QED) is 0.491. The summed E-state index contributed by atoms with van der Waals surface area (Å²) in [5.74, 6) is 2.77. The Labute approximate surface area is 191 Å². The number of ether oxygens (including phenoxy) is 1. The summed E-state index contributed by atoms with van der Waals surface area (Å²) in [5, 5.41) is 4.43. The van der Waals surface area contributed by atoms with Crippen molar-refractivity contribution in [1.82, 2.24) is 10.3 Å². The number of para-hydroxylation sites is 1. The van der Waals surface area contributed by atoms with Crippen LogP contribution in [0.1, 0.15) is 29.7 Å². The van der Waals surface area contributed by atoms with Crippen molar-refractivity contribution >= 4 is 40.3 Å². The molecular formula is C25H28N2O2S2. The Morgan fingerprint density at radius 2 is 1.87 bits per heavy atom. The van der Waals surface area contributed by atoms with Gasteiger partial charge in [-0.25, -0.2) is 0 Å². The van der Waals surface area contributed by atoms with Gasteiger partial charge >= 0.3 is 0 Å². The van der Waals surface area contributed by atoms with Crippen molar-refractivity contribution in [3.63, 3.8) is 0 Å². The third-order valence-corrected chi connectivity index (χ3v) is 9.99. The maximum absolute atomic E-state index is 12.8. The van der Waals surface area contributed by atoms with Gasteiger partial charge < -0.3 is 15.0 Å². The molecule has 2 aliphatic rings. The number of amides is 1. The highest BCUT2D eigenvalue weighted by Crippen LogP contribution is 2.61. The number of carbonyl (C=O) groups is 1. The average molecular weight is 453 g/mol. The standard InChI is InChI=1S/C25H28N2O2S2/c28-23(26-12-13-29-17-18-6-2-1-3-7-18)16-19-10-11-21-20-8-4-5-9-22(20)27-24(21)25(19)30-14-15-31-25/h1-9,19,27H,10-17H2,(H,26,28). The van der Waals surface area contributed by atoms with Crippen LogP contribution in [-0.4, -0.2) is 35.5 Å². The normalized spacial score (nSPS) is 19.5. The van der Waals surface area contributed by atoms with Crippen LogP contribution in [0.5, 0.6) is 0 Å². The third kappa shape index (κ3) is 4.26. The number of aryl methyl sites for hydroxylation is 1. The van der Waals surface area contributed by atoms with Gasteiger partial charge in [0.05, 0.1) is 13.2 Å². The smallest absolute Gasteiger partial charge is 0.220 e. The number of nitrogens with one attached hydrogen (secondary N) is 2. The first-order chi connectivity index (χ1) is 15.3. The number of H-pyrrole nitrogens is 1. The summed E-state index contributed by atoms with van der Waals surface area (Å²) in [5.41, 5.74) is 5.20.